The second-order valence-corrected chi connectivity index (χ2v) is 5.46. The number of nitrogens with one attached hydrogen (secondary N) is 2. The molecule has 0 heterocycles. The van der Waals surface area contributed by atoms with Crippen molar-refractivity contribution in [1.82, 2.24) is 10.2 Å². The van der Waals surface area contributed by atoms with Gasteiger partial charge in [0.1, 0.15) is 6.04 Å². The normalized spacial score (nSPS) is 12.2. The molecule has 0 aliphatic carbocycles. The van der Waals surface area contributed by atoms with Crippen LogP contribution in [0.15, 0.2) is 0 Å². The molecule has 10 nitrogen and oxygen atoms in total. The number of ether oxygens (including phenoxy) is 3. The van der Waals surface area contributed by atoms with E-state index in [2.05, 4.69) is 5.32 Å². The molecule has 0 saturated carbocycles. The Morgan fingerprint density at radius 2 is 1.73 bits per heavy atom. The largest absolute Gasteiger partial charge is 0.465 e. The molecule has 0 radical (unpaired) electrons. The topological polar surface area (TPSA) is 150 Å². The Labute approximate surface area is 155 Å². The van der Waals surface area contributed by atoms with E-state index in [0.29, 0.717) is 45.7 Å². The number of aliphatic hydroxyl groups excluding tert-OH is 2. The van der Waals surface area contributed by atoms with Gasteiger partial charge in [-0.2, -0.15) is 0 Å². The Bertz CT molecular complexity index is 361. The highest BCUT2D eigenvalue weighted by atomic mass is 16.5. The number of aliphatic hydroxyl groups is 2. The number of nitrogens with zero attached hydrogens (tertiary/aromatic N) is 1. The maximum absolute atomic E-state index is 12.4. The molecule has 0 spiro atoms. The van der Waals surface area contributed by atoms with Crippen LogP contribution in [0.3, 0.4) is 0 Å². The van der Waals surface area contributed by atoms with Gasteiger partial charge in [0.05, 0.1) is 46.2 Å². The number of rotatable bonds is 17. The Morgan fingerprint density at radius 1 is 1.15 bits per heavy atom. The molecule has 26 heavy (non-hydrogen) atoms. The summed E-state index contributed by atoms with van der Waals surface area (Å²) in [6.07, 6.45) is 1.16. The number of hydrogen-bond acceptors (Lipinski definition) is 8. The maximum atomic E-state index is 12.4. The van der Waals surface area contributed by atoms with Crippen molar-refractivity contribution in [3.8, 4) is 0 Å². The van der Waals surface area contributed by atoms with Gasteiger partial charge in [0, 0.05) is 19.6 Å². The Balaban J connectivity index is 4.75. The van der Waals surface area contributed by atoms with E-state index in [1.165, 1.54) is 0 Å². The third-order valence-electron chi connectivity index (χ3n) is 3.49. The number of hydrogen-bond donors (Lipinski definition) is 5. The number of nitrogens with two attached hydrogens (primary N) is 1. The summed E-state index contributed by atoms with van der Waals surface area (Å²) in [4.78, 5) is 14.3. The monoisotopic (exact) mass is 378 g/mol. The molecule has 0 saturated heterocycles. The minimum atomic E-state index is -0.473. The zero-order chi connectivity index (χ0) is 19.6. The fourth-order valence-electron chi connectivity index (χ4n) is 2.33. The quantitative estimate of drug-likeness (QED) is 0.0881. The van der Waals surface area contributed by atoms with Gasteiger partial charge in [-0.15, -0.1) is 0 Å². The standard InChI is InChI=1S/C16H34N4O6/c1-2-26-15(23)14(4-3-5-19-16(17)18)20(6-10-24-12-8-21)7-11-25-13-9-22/h14,21-22H,2-13H2,1H3,(H4,17,18,19)/t14-/m0/s1. The van der Waals surface area contributed by atoms with Gasteiger partial charge in [-0.3, -0.25) is 15.1 Å². The van der Waals surface area contributed by atoms with Gasteiger partial charge in [0.2, 0.25) is 0 Å². The van der Waals surface area contributed by atoms with E-state index in [4.69, 9.17) is 35.6 Å². The molecule has 0 bridgehead atoms. The summed E-state index contributed by atoms with van der Waals surface area (Å²) in [5, 5.41) is 27.5. The third kappa shape index (κ3) is 12.8. The average molecular weight is 378 g/mol. The highest BCUT2D eigenvalue weighted by Crippen LogP contribution is 2.10. The second-order valence-electron chi connectivity index (χ2n) is 5.46. The van der Waals surface area contributed by atoms with E-state index in [9.17, 15) is 4.79 Å². The summed E-state index contributed by atoms with van der Waals surface area (Å²) in [5.41, 5.74) is 5.26. The van der Waals surface area contributed by atoms with Crippen LogP contribution in [-0.2, 0) is 19.0 Å². The summed E-state index contributed by atoms with van der Waals surface area (Å²) in [5.74, 6) is -0.427. The Hall–Kier alpha value is -1.46. The summed E-state index contributed by atoms with van der Waals surface area (Å²) < 4.78 is 15.8. The molecule has 0 aromatic heterocycles. The molecule has 0 rings (SSSR count). The summed E-state index contributed by atoms with van der Waals surface area (Å²) in [7, 11) is 0. The van der Waals surface area contributed by atoms with Crippen molar-refractivity contribution >= 4 is 11.9 Å². The molecular formula is C16H34N4O6. The number of guanidine groups is 1. The lowest BCUT2D eigenvalue weighted by atomic mass is 10.1. The van der Waals surface area contributed by atoms with E-state index in [1.807, 2.05) is 4.90 Å². The van der Waals surface area contributed by atoms with E-state index >= 15 is 0 Å². The van der Waals surface area contributed by atoms with Crippen molar-refractivity contribution in [3.05, 3.63) is 0 Å². The van der Waals surface area contributed by atoms with Gasteiger partial charge in [0.25, 0.3) is 0 Å². The van der Waals surface area contributed by atoms with Gasteiger partial charge in [0.15, 0.2) is 5.96 Å². The highest BCUT2D eigenvalue weighted by Gasteiger charge is 2.26. The molecule has 0 aliphatic heterocycles. The summed E-state index contributed by atoms with van der Waals surface area (Å²) in [6.45, 7) is 4.57. The lowest BCUT2D eigenvalue weighted by Gasteiger charge is -2.30. The first kappa shape index (κ1) is 24.5. The van der Waals surface area contributed by atoms with Crippen LogP contribution in [0.1, 0.15) is 19.8 Å². The first-order valence-electron chi connectivity index (χ1n) is 8.92. The van der Waals surface area contributed by atoms with E-state index < -0.39 is 6.04 Å². The zero-order valence-electron chi connectivity index (χ0n) is 15.6. The number of carbonyl (C=O) groups excluding carboxylic acids is 1. The van der Waals surface area contributed by atoms with Gasteiger partial charge in [-0.25, -0.2) is 0 Å². The molecule has 154 valence electrons. The van der Waals surface area contributed by atoms with Crippen LogP contribution in [0.4, 0.5) is 0 Å². The molecule has 6 N–H and O–H groups in total. The first-order chi connectivity index (χ1) is 12.6. The van der Waals surface area contributed by atoms with Crippen LogP contribution in [0.25, 0.3) is 0 Å². The van der Waals surface area contributed by atoms with Crippen LogP contribution < -0.4 is 11.1 Å². The Kier molecular flexibility index (Phi) is 16.0. The fraction of sp³-hybridized carbons (Fsp3) is 0.875. The van der Waals surface area contributed by atoms with Crippen LogP contribution in [-0.4, -0.2) is 99.0 Å². The van der Waals surface area contributed by atoms with Gasteiger partial charge in [-0.05, 0) is 19.8 Å². The third-order valence-corrected chi connectivity index (χ3v) is 3.49. The van der Waals surface area contributed by atoms with E-state index in [1.54, 1.807) is 6.92 Å². The van der Waals surface area contributed by atoms with Crippen molar-refractivity contribution in [2.24, 2.45) is 5.73 Å². The Morgan fingerprint density at radius 3 is 2.19 bits per heavy atom. The van der Waals surface area contributed by atoms with E-state index in [0.717, 1.165) is 0 Å². The molecule has 0 aromatic rings. The number of carbonyl (C=O) groups is 1. The minimum Gasteiger partial charge on any atom is -0.465 e. The van der Waals surface area contributed by atoms with Crippen molar-refractivity contribution in [3.63, 3.8) is 0 Å². The number of esters is 1. The zero-order valence-corrected chi connectivity index (χ0v) is 15.6. The molecule has 10 heteroatoms. The van der Waals surface area contributed by atoms with Gasteiger partial charge >= 0.3 is 5.97 Å². The van der Waals surface area contributed by atoms with Gasteiger partial charge in [-0.1, -0.05) is 0 Å². The van der Waals surface area contributed by atoms with Crippen molar-refractivity contribution < 1.29 is 29.2 Å². The highest BCUT2D eigenvalue weighted by molar-refractivity contribution is 5.76. The average Bonchev–Trinajstić information content (AvgIpc) is 2.61. The molecule has 0 aromatic carbocycles. The second kappa shape index (κ2) is 17.0. The lowest BCUT2D eigenvalue weighted by Crippen LogP contribution is -2.46. The van der Waals surface area contributed by atoms with Crippen molar-refractivity contribution in [2.45, 2.75) is 25.8 Å². The molecule has 0 aliphatic rings. The van der Waals surface area contributed by atoms with Crippen LogP contribution in [0, 0.1) is 5.41 Å². The SMILES string of the molecule is CCOC(=O)[C@H](CCCNC(=N)N)N(CCOCCO)CCOCCO. The first-order valence-corrected chi connectivity index (χ1v) is 8.92. The van der Waals surface area contributed by atoms with E-state index in [-0.39, 0.29) is 45.0 Å². The van der Waals surface area contributed by atoms with Crippen molar-refractivity contribution in [1.29, 1.82) is 5.41 Å². The maximum Gasteiger partial charge on any atom is 0.323 e. The molecule has 0 amide bonds. The van der Waals surface area contributed by atoms with Crippen LogP contribution >= 0.6 is 0 Å². The molecule has 1 atom stereocenters. The molecule has 0 unspecified atom stereocenters. The predicted octanol–water partition coefficient (Wildman–Crippen LogP) is -1.50. The van der Waals surface area contributed by atoms with Crippen molar-refractivity contribution in [2.75, 3.05) is 65.9 Å². The summed E-state index contributed by atoms with van der Waals surface area (Å²) >= 11 is 0. The van der Waals surface area contributed by atoms with Crippen LogP contribution in [0.5, 0.6) is 0 Å². The van der Waals surface area contributed by atoms with Crippen LogP contribution in [0.2, 0.25) is 0 Å². The molecular weight excluding hydrogens is 344 g/mol. The summed E-state index contributed by atoms with van der Waals surface area (Å²) in [6, 6.07) is -0.473. The lowest BCUT2D eigenvalue weighted by molar-refractivity contribution is -0.150. The minimum absolute atomic E-state index is 0.0579. The fourth-order valence-corrected chi connectivity index (χ4v) is 2.33. The predicted molar refractivity (Wildman–Crippen MR) is 97.0 cm³/mol. The van der Waals surface area contributed by atoms with Gasteiger partial charge < -0.3 is 35.5 Å². The molecule has 0 fully saturated rings. The smallest absolute Gasteiger partial charge is 0.323 e.